The molecule has 0 saturated heterocycles. The predicted octanol–water partition coefficient (Wildman–Crippen LogP) is 5.56. The monoisotopic (exact) mass is 305 g/mol. The van der Waals surface area contributed by atoms with Gasteiger partial charge in [0.15, 0.2) is 0 Å². The van der Waals surface area contributed by atoms with Crippen LogP contribution in [0.25, 0.3) is 0 Å². The van der Waals surface area contributed by atoms with Gasteiger partial charge in [-0.3, -0.25) is 0 Å². The fourth-order valence-corrected chi connectivity index (χ4v) is 4.30. The van der Waals surface area contributed by atoms with E-state index in [9.17, 15) is 9.46 Å². The van der Waals surface area contributed by atoms with Crippen molar-refractivity contribution in [2.45, 2.75) is 79.8 Å². The van der Waals surface area contributed by atoms with Crippen LogP contribution in [0, 0.1) is 23.7 Å². The zero-order valence-electron chi connectivity index (χ0n) is 14.3. The lowest BCUT2D eigenvalue weighted by Gasteiger charge is -2.40. The van der Waals surface area contributed by atoms with Crippen LogP contribution in [0.3, 0.4) is 0 Å². The Morgan fingerprint density at radius 3 is 1.65 bits per heavy atom. The quantitative estimate of drug-likeness (QED) is 0.538. The molecular weight excluding hydrogens is 271 g/mol. The summed E-state index contributed by atoms with van der Waals surface area (Å²) in [6, 6.07) is 0. The fraction of sp³-hybridized carbons (Fsp3) is 1.00. The van der Waals surface area contributed by atoms with Crippen molar-refractivity contribution in [2.24, 2.45) is 23.7 Å². The van der Waals surface area contributed by atoms with Crippen molar-refractivity contribution in [1.29, 1.82) is 0 Å². The molecule has 0 aromatic heterocycles. The molecular formula is C16H34O3P+. The fourth-order valence-electron chi connectivity index (χ4n) is 3.55. The van der Waals surface area contributed by atoms with Crippen LogP contribution in [0.2, 0.25) is 0 Å². The third-order valence-electron chi connectivity index (χ3n) is 4.21. The molecule has 0 saturated carbocycles. The maximum absolute atomic E-state index is 11.4. The van der Waals surface area contributed by atoms with Crippen LogP contribution in [0.4, 0.5) is 0 Å². The third-order valence-corrected chi connectivity index (χ3v) is 4.70. The molecule has 0 radical (unpaired) electrons. The molecule has 20 heavy (non-hydrogen) atoms. The van der Waals surface area contributed by atoms with Gasteiger partial charge in [0.05, 0.1) is 0 Å². The smallest absolute Gasteiger partial charge is 0.133 e. The maximum Gasteiger partial charge on any atom is 0.695 e. The van der Waals surface area contributed by atoms with Gasteiger partial charge in [0, 0.05) is 4.57 Å². The van der Waals surface area contributed by atoms with Crippen molar-refractivity contribution >= 4 is 8.25 Å². The summed E-state index contributed by atoms with van der Waals surface area (Å²) in [7, 11) is -2.56. The average molecular weight is 305 g/mol. The molecule has 0 fully saturated rings. The van der Waals surface area contributed by atoms with Crippen molar-refractivity contribution in [3.63, 3.8) is 0 Å². The highest BCUT2D eigenvalue weighted by molar-refractivity contribution is 7.32. The second-order valence-electron chi connectivity index (χ2n) is 7.10. The lowest BCUT2D eigenvalue weighted by atomic mass is 9.70. The van der Waals surface area contributed by atoms with Crippen molar-refractivity contribution in [3.05, 3.63) is 0 Å². The van der Waals surface area contributed by atoms with Gasteiger partial charge in [-0.05, 0) is 42.9 Å². The topological polar surface area (TPSA) is 46.5 Å². The Labute approximate surface area is 126 Å². The molecule has 0 aliphatic rings. The lowest BCUT2D eigenvalue weighted by Crippen LogP contribution is -2.45. The summed E-state index contributed by atoms with van der Waals surface area (Å²) in [5, 5.41) is 0. The highest BCUT2D eigenvalue weighted by atomic mass is 31.1. The summed E-state index contributed by atoms with van der Waals surface area (Å²) in [5.41, 5.74) is -0.481. The summed E-state index contributed by atoms with van der Waals surface area (Å²) >= 11 is 0. The molecule has 0 aromatic rings. The Morgan fingerprint density at radius 1 is 1.00 bits per heavy atom. The standard InChI is InChI=1S/C16H33O3P/c1-8-9-16(19-20(17)18,14(6)10-12(2)3)15(7)11-13(4)5/h12-15H,8-11H2,1-7H3/p+1. The molecule has 0 bridgehead atoms. The molecule has 0 heterocycles. The molecule has 1 N–H and O–H groups in total. The van der Waals surface area contributed by atoms with E-state index >= 15 is 0 Å². The Kier molecular flexibility index (Phi) is 9.13. The highest BCUT2D eigenvalue weighted by Crippen LogP contribution is 2.45. The van der Waals surface area contributed by atoms with Crippen LogP contribution >= 0.6 is 8.25 Å². The van der Waals surface area contributed by atoms with E-state index in [1.807, 2.05) is 0 Å². The molecule has 4 heteroatoms. The van der Waals surface area contributed by atoms with Gasteiger partial charge in [-0.25, -0.2) is 0 Å². The van der Waals surface area contributed by atoms with E-state index in [4.69, 9.17) is 4.52 Å². The minimum absolute atomic E-state index is 0.280. The minimum Gasteiger partial charge on any atom is -0.133 e. The van der Waals surface area contributed by atoms with Crippen LogP contribution in [0.15, 0.2) is 0 Å². The number of hydrogen-bond acceptors (Lipinski definition) is 2. The van der Waals surface area contributed by atoms with Gasteiger partial charge >= 0.3 is 8.25 Å². The molecule has 3 nitrogen and oxygen atoms in total. The molecule has 0 rings (SSSR count). The van der Waals surface area contributed by atoms with Crippen LogP contribution in [-0.2, 0) is 9.09 Å². The summed E-state index contributed by atoms with van der Waals surface area (Å²) in [4.78, 5) is 9.37. The first kappa shape index (κ1) is 20.0. The first-order valence-electron chi connectivity index (χ1n) is 8.00. The number of rotatable bonds is 10. The predicted molar refractivity (Wildman–Crippen MR) is 85.8 cm³/mol. The van der Waals surface area contributed by atoms with Crippen LogP contribution in [0.1, 0.15) is 74.1 Å². The Morgan fingerprint density at radius 2 is 1.40 bits per heavy atom. The number of hydrogen-bond donors (Lipinski definition) is 1. The van der Waals surface area contributed by atoms with E-state index in [1.54, 1.807) is 0 Å². The van der Waals surface area contributed by atoms with Gasteiger partial charge in [-0.15, -0.1) is 9.42 Å². The zero-order chi connectivity index (χ0) is 15.9. The average Bonchev–Trinajstić information content (AvgIpc) is 2.25. The van der Waals surface area contributed by atoms with E-state index in [-0.39, 0.29) is 11.8 Å². The van der Waals surface area contributed by atoms with E-state index in [2.05, 4.69) is 48.5 Å². The molecule has 0 spiro atoms. The summed E-state index contributed by atoms with van der Waals surface area (Å²) in [5.74, 6) is 1.69. The first-order chi connectivity index (χ1) is 9.15. The lowest BCUT2D eigenvalue weighted by molar-refractivity contribution is -0.0551. The van der Waals surface area contributed by atoms with Gasteiger partial charge in [-0.1, -0.05) is 54.9 Å². The van der Waals surface area contributed by atoms with E-state index in [0.717, 1.165) is 25.7 Å². The Hall–Kier alpha value is 0.0200. The molecule has 0 amide bonds. The van der Waals surface area contributed by atoms with Crippen LogP contribution in [0.5, 0.6) is 0 Å². The van der Waals surface area contributed by atoms with Crippen molar-refractivity contribution in [3.8, 4) is 0 Å². The molecule has 0 aliphatic carbocycles. The SMILES string of the molecule is CCCC(O[P+](=O)O)(C(C)CC(C)C)C(C)CC(C)C. The largest absolute Gasteiger partial charge is 0.695 e. The zero-order valence-corrected chi connectivity index (χ0v) is 15.2. The van der Waals surface area contributed by atoms with Gasteiger partial charge in [-0.2, -0.15) is 0 Å². The Bertz CT molecular complexity index is 273. The van der Waals surface area contributed by atoms with Gasteiger partial charge in [0.2, 0.25) is 0 Å². The minimum atomic E-state index is -2.56. The second-order valence-corrected chi connectivity index (χ2v) is 7.75. The summed E-state index contributed by atoms with van der Waals surface area (Å²) in [6.07, 6.45) is 3.85. The van der Waals surface area contributed by atoms with Gasteiger partial charge in [0.25, 0.3) is 0 Å². The highest BCUT2D eigenvalue weighted by Gasteiger charge is 2.48. The van der Waals surface area contributed by atoms with Gasteiger partial charge in [0.1, 0.15) is 5.60 Å². The summed E-state index contributed by atoms with van der Waals surface area (Å²) < 4.78 is 17.1. The van der Waals surface area contributed by atoms with Crippen molar-refractivity contribution in [1.82, 2.24) is 0 Å². The normalized spacial score (nSPS) is 19.0. The van der Waals surface area contributed by atoms with Crippen molar-refractivity contribution in [2.75, 3.05) is 0 Å². The van der Waals surface area contributed by atoms with Crippen LogP contribution < -0.4 is 0 Å². The Balaban J connectivity index is 5.36. The molecule has 0 aliphatic heterocycles. The third kappa shape index (κ3) is 6.20. The molecule has 3 unspecified atom stereocenters. The molecule has 120 valence electrons. The second kappa shape index (κ2) is 9.12. The van der Waals surface area contributed by atoms with Crippen molar-refractivity contribution < 1.29 is 14.0 Å². The van der Waals surface area contributed by atoms with E-state index in [1.165, 1.54) is 0 Å². The van der Waals surface area contributed by atoms with E-state index < -0.39 is 13.9 Å². The first-order valence-corrected chi connectivity index (χ1v) is 9.13. The summed E-state index contributed by atoms with van der Waals surface area (Å²) in [6.45, 7) is 15.2. The van der Waals surface area contributed by atoms with E-state index in [0.29, 0.717) is 11.8 Å². The molecule has 0 aromatic carbocycles. The van der Waals surface area contributed by atoms with Gasteiger partial charge < -0.3 is 0 Å². The molecule has 3 atom stereocenters. The maximum atomic E-state index is 11.4. The van der Waals surface area contributed by atoms with Crippen LogP contribution in [-0.4, -0.2) is 10.5 Å².